The molecule has 4 nitrogen and oxygen atoms in total. The van der Waals surface area contributed by atoms with Crippen molar-refractivity contribution in [2.75, 3.05) is 0 Å². The molecule has 4 heteroatoms. The minimum absolute atomic E-state index is 0.0365. The van der Waals surface area contributed by atoms with Gasteiger partial charge in [0.2, 0.25) is 0 Å². The molecule has 4 saturated carbocycles. The minimum Gasteiger partial charge on any atom is -0.455 e. The Balaban J connectivity index is 0.967. The smallest absolute Gasteiger partial charge is 0.164 e. The molecule has 0 atom stereocenters. The maximum atomic E-state index is 6.40. The molecule has 4 bridgehead atoms. The van der Waals surface area contributed by atoms with Gasteiger partial charge < -0.3 is 4.42 Å². The number of hydrogen-bond donors (Lipinski definition) is 0. The molecule has 57 heavy (non-hydrogen) atoms. The van der Waals surface area contributed by atoms with Crippen molar-refractivity contribution >= 4 is 32.7 Å². The number of nitrogens with zero attached hydrogens (tertiary/aromatic N) is 3. The molecule has 5 aliphatic rings. The van der Waals surface area contributed by atoms with Gasteiger partial charge in [-0.05, 0) is 106 Å². The fourth-order valence-corrected chi connectivity index (χ4v) is 12.2. The van der Waals surface area contributed by atoms with Gasteiger partial charge in [0, 0.05) is 38.4 Å². The first-order chi connectivity index (χ1) is 28.2. The Labute approximate surface area is 331 Å². The van der Waals surface area contributed by atoms with E-state index in [-0.39, 0.29) is 5.41 Å². The standard InChI is InChI=1S/C53H39N3O/c1-2-10-35(11-3-1)50-54-51(36-19-17-34(18-20-36)41-14-8-15-43-42-13-6-7-16-47(42)57-49(41)43)56-52(55-50)37-21-23-44-46(30-37)53(38-26-31-25-32(28-38)29-39(53)27-31)45-24-22-33-9-4-5-12-40(33)48(44)45/h1-24,30-32,38-39H,25-29H2. The summed E-state index contributed by atoms with van der Waals surface area (Å²) >= 11 is 0. The molecule has 0 N–H and O–H groups in total. The highest BCUT2D eigenvalue weighted by atomic mass is 16.3. The van der Waals surface area contributed by atoms with Crippen molar-refractivity contribution in [2.45, 2.75) is 37.5 Å². The van der Waals surface area contributed by atoms with Crippen LogP contribution in [0.5, 0.6) is 0 Å². The van der Waals surface area contributed by atoms with Crippen LogP contribution in [0.3, 0.4) is 0 Å². The van der Waals surface area contributed by atoms with Gasteiger partial charge >= 0.3 is 0 Å². The quantitative estimate of drug-likeness (QED) is 0.181. The molecule has 9 aromatic rings. The van der Waals surface area contributed by atoms with Crippen LogP contribution in [0.25, 0.3) is 89.1 Å². The topological polar surface area (TPSA) is 51.8 Å². The third-order valence-electron chi connectivity index (χ3n) is 14.3. The van der Waals surface area contributed by atoms with E-state index in [4.69, 9.17) is 19.4 Å². The lowest BCUT2D eigenvalue weighted by molar-refractivity contribution is -0.0399. The van der Waals surface area contributed by atoms with Gasteiger partial charge in [0.1, 0.15) is 11.2 Å². The molecule has 1 spiro atoms. The van der Waals surface area contributed by atoms with E-state index in [9.17, 15) is 0 Å². The van der Waals surface area contributed by atoms with E-state index in [0.717, 1.165) is 67.4 Å². The minimum atomic E-state index is 0.0365. The van der Waals surface area contributed by atoms with Crippen LogP contribution in [0.15, 0.2) is 156 Å². The lowest BCUT2D eigenvalue weighted by Gasteiger charge is -2.61. The second-order valence-corrected chi connectivity index (χ2v) is 17.2. The molecule has 7 aromatic carbocycles. The monoisotopic (exact) mass is 733 g/mol. The second kappa shape index (κ2) is 11.8. The van der Waals surface area contributed by atoms with Gasteiger partial charge in [-0.15, -0.1) is 0 Å². The van der Waals surface area contributed by atoms with E-state index in [2.05, 4.69) is 133 Å². The first-order valence-corrected chi connectivity index (χ1v) is 20.7. The van der Waals surface area contributed by atoms with Crippen molar-refractivity contribution in [3.63, 3.8) is 0 Å². The highest BCUT2D eigenvalue weighted by Gasteiger charge is 2.61. The first-order valence-electron chi connectivity index (χ1n) is 20.7. The lowest BCUT2D eigenvalue weighted by Crippen LogP contribution is -2.55. The van der Waals surface area contributed by atoms with Crippen LogP contribution in [-0.4, -0.2) is 15.0 Å². The summed E-state index contributed by atoms with van der Waals surface area (Å²) in [5, 5.41) is 4.96. The van der Waals surface area contributed by atoms with Gasteiger partial charge in [-0.3, -0.25) is 0 Å². The summed E-state index contributed by atoms with van der Waals surface area (Å²) in [6.45, 7) is 0. The highest BCUT2D eigenvalue weighted by molar-refractivity contribution is 6.09. The Hall–Kier alpha value is -6.39. The zero-order chi connectivity index (χ0) is 37.2. The van der Waals surface area contributed by atoms with Gasteiger partial charge in [0.05, 0.1) is 0 Å². The third-order valence-corrected chi connectivity index (χ3v) is 14.3. The maximum absolute atomic E-state index is 6.40. The molecule has 272 valence electrons. The molecule has 2 heterocycles. The summed E-state index contributed by atoms with van der Waals surface area (Å²) in [5.41, 5.74) is 12.9. The Morgan fingerprint density at radius 1 is 0.439 bits per heavy atom. The molecule has 0 unspecified atom stereocenters. The van der Waals surface area contributed by atoms with E-state index < -0.39 is 0 Å². The van der Waals surface area contributed by atoms with Crippen molar-refractivity contribution in [3.05, 3.63) is 163 Å². The predicted molar refractivity (Wildman–Crippen MR) is 230 cm³/mol. The average Bonchev–Trinajstić information content (AvgIpc) is 3.79. The summed E-state index contributed by atoms with van der Waals surface area (Å²) in [5.74, 6) is 5.18. The zero-order valence-electron chi connectivity index (χ0n) is 31.5. The summed E-state index contributed by atoms with van der Waals surface area (Å²) in [7, 11) is 0. The molecular formula is C53H39N3O. The van der Waals surface area contributed by atoms with Crippen molar-refractivity contribution < 1.29 is 4.42 Å². The number of aromatic nitrogens is 3. The number of furan rings is 1. The Morgan fingerprint density at radius 2 is 1.05 bits per heavy atom. The van der Waals surface area contributed by atoms with Crippen molar-refractivity contribution in [2.24, 2.45) is 23.7 Å². The van der Waals surface area contributed by atoms with E-state index in [1.807, 2.05) is 18.2 Å². The molecule has 0 saturated heterocycles. The SMILES string of the molecule is c1ccc(-c2nc(-c3ccc(-c4cccc5c4oc4ccccc45)cc3)nc(-c3ccc4c(c3)C3(c5ccc6ccccc6c5-4)C4CC5CC(C4)CC3C5)n2)cc1. The molecule has 5 aliphatic carbocycles. The molecule has 14 rings (SSSR count). The molecule has 0 radical (unpaired) electrons. The summed E-state index contributed by atoms with van der Waals surface area (Å²) < 4.78 is 6.40. The maximum Gasteiger partial charge on any atom is 0.164 e. The van der Waals surface area contributed by atoms with Crippen LogP contribution in [0.2, 0.25) is 0 Å². The first kappa shape index (κ1) is 31.8. The molecule has 2 aromatic heterocycles. The van der Waals surface area contributed by atoms with Crippen LogP contribution in [-0.2, 0) is 5.41 Å². The van der Waals surface area contributed by atoms with Crippen molar-refractivity contribution in [1.29, 1.82) is 0 Å². The fraction of sp³-hybridized carbons (Fsp3) is 0.189. The van der Waals surface area contributed by atoms with E-state index in [1.54, 1.807) is 5.56 Å². The Morgan fingerprint density at radius 3 is 1.82 bits per heavy atom. The number of rotatable bonds is 4. The van der Waals surface area contributed by atoms with Gasteiger partial charge in [-0.2, -0.15) is 0 Å². The largest absolute Gasteiger partial charge is 0.455 e. The van der Waals surface area contributed by atoms with Gasteiger partial charge in [-0.1, -0.05) is 140 Å². The molecular weight excluding hydrogens is 695 g/mol. The van der Waals surface area contributed by atoms with Crippen LogP contribution in [0.1, 0.15) is 43.2 Å². The van der Waals surface area contributed by atoms with Gasteiger partial charge in [0.25, 0.3) is 0 Å². The van der Waals surface area contributed by atoms with Crippen LogP contribution < -0.4 is 0 Å². The Bertz CT molecular complexity index is 3060. The van der Waals surface area contributed by atoms with E-state index >= 15 is 0 Å². The van der Waals surface area contributed by atoms with Crippen molar-refractivity contribution in [1.82, 2.24) is 15.0 Å². The summed E-state index contributed by atoms with van der Waals surface area (Å²) in [4.78, 5) is 15.6. The second-order valence-electron chi connectivity index (χ2n) is 17.2. The highest BCUT2D eigenvalue weighted by Crippen LogP contribution is 2.70. The van der Waals surface area contributed by atoms with Crippen LogP contribution >= 0.6 is 0 Å². The van der Waals surface area contributed by atoms with Crippen LogP contribution in [0, 0.1) is 23.7 Å². The molecule has 0 amide bonds. The lowest BCUT2D eigenvalue weighted by atomic mass is 9.43. The predicted octanol–water partition coefficient (Wildman–Crippen LogP) is 13.3. The zero-order valence-corrected chi connectivity index (χ0v) is 31.5. The third kappa shape index (κ3) is 4.53. The van der Waals surface area contributed by atoms with Gasteiger partial charge in [-0.25, -0.2) is 15.0 Å². The van der Waals surface area contributed by atoms with Crippen LogP contribution in [0.4, 0.5) is 0 Å². The summed E-state index contributed by atoms with van der Waals surface area (Å²) in [6, 6.07) is 54.6. The van der Waals surface area contributed by atoms with E-state index in [0.29, 0.717) is 23.5 Å². The summed E-state index contributed by atoms with van der Waals surface area (Å²) in [6.07, 6.45) is 6.82. The van der Waals surface area contributed by atoms with E-state index in [1.165, 1.54) is 59.6 Å². The number of fused-ring (bicyclic) bond motifs is 8. The fourth-order valence-electron chi connectivity index (χ4n) is 12.2. The molecule has 4 fully saturated rings. The average molecular weight is 734 g/mol. The van der Waals surface area contributed by atoms with Gasteiger partial charge in [0.15, 0.2) is 17.5 Å². The molecule has 0 aliphatic heterocycles. The van der Waals surface area contributed by atoms with Crippen molar-refractivity contribution in [3.8, 4) is 56.4 Å². The normalized spacial score (nSPS) is 22.8. The number of benzene rings is 7. The number of hydrogen-bond acceptors (Lipinski definition) is 4. The Kier molecular flexibility index (Phi) is 6.59. The number of para-hydroxylation sites is 2.